The number of rotatable bonds is 15. The standard InChI is InChI=1S/C34H49N3O3/c1-4-21-37(22-5-2)34(40)30-18-12-17-29(25-30)33(39)36-31(24-28-15-10-7-11-16-28)23-26(3)32(38)35-20-19-27-13-8-6-9-14-27/h7,10-12,15-18,25-27,31H,4-6,8-9,13-14,19-24H2,1-3H3,(H,35,38)(H,36,39)/t26-,31?/m1/s1. The maximum atomic E-state index is 13.4. The fourth-order valence-corrected chi connectivity index (χ4v) is 5.77. The van der Waals surface area contributed by atoms with Gasteiger partial charge >= 0.3 is 0 Å². The van der Waals surface area contributed by atoms with E-state index in [-0.39, 0.29) is 29.7 Å². The highest BCUT2D eigenvalue weighted by atomic mass is 16.2. The molecule has 6 heteroatoms. The first kappa shape index (κ1) is 31.4. The van der Waals surface area contributed by atoms with Crippen molar-refractivity contribution in [2.24, 2.45) is 11.8 Å². The largest absolute Gasteiger partial charge is 0.356 e. The van der Waals surface area contributed by atoms with Gasteiger partial charge in [0, 0.05) is 42.7 Å². The van der Waals surface area contributed by atoms with Crippen LogP contribution in [0.25, 0.3) is 0 Å². The Morgan fingerprint density at radius 1 is 0.900 bits per heavy atom. The molecular weight excluding hydrogens is 498 g/mol. The molecule has 40 heavy (non-hydrogen) atoms. The molecule has 0 radical (unpaired) electrons. The van der Waals surface area contributed by atoms with Gasteiger partial charge in [0.2, 0.25) is 5.91 Å². The number of nitrogens with zero attached hydrogens (tertiary/aromatic N) is 1. The molecule has 0 saturated heterocycles. The minimum Gasteiger partial charge on any atom is -0.356 e. The molecule has 1 fully saturated rings. The highest BCUT2D eigenvalue weighted by Crippen LogP contribution is 2.25. The number of carbonyl (C=O) groups is 3. The van der Waals surface area contributed by atoms with Crippen LogP contribution in [0.4, 0.5) is 0 Å². The molecule has 0 heterocycles. The Labute approximate surface area is 241 Å². The SMILES string of the molecule is CCCN(CCC)C(=O)c1cccc(C(=O)NC(Cc2ccccc2)C[C@@H](C)C(=O)NCCC2CCCCC2)c1. The first-order valence-corrected chi connectivity index (χ1v) is 15.4. The Bertz CT molecular complexity index is 1060. The highest BCUT2D eigenvalue weighted by Gasteiger charge is 2.23. The Kier molecular flexibility index (Phi) is 13.2. The summed E-state index contributed by atoms with van der Waals surface area (Å²) in [6, 6.07) is 16.8. The van der Waals surface area contributed by atoms with Crippen LogP contribution >= 0.6 is 0 Å². The Morgan fingerprint density at radius 2 is 1.57 bits per heavy atom. The Morgan fingerprint density at radius 3 is 2.25 bits per heavy atom. The third kappa shape index (κ3) is 10.1. The third-order valence-electron chi connectivity index (χ3n) is 7.97. The molecule has 0 aromatic heterocycles. The molecule has 1 unspecified atom stereocenters. The van der Waals surface area contributed by atoms with Crippen molar-refractivity contribution >= 4 is 17.7 Å². The van der Waals surface area contributed by atoms with Crippen molar-refractivity contribution < 1.29 is 14.4 Å². The van der Waals surface area contributed by atoms with Crippen LogP contribution in [-0.2, 0) is 11.2 Å². The van der Waals surface area contributed by atoms with Gasteiger partial charge in [-0.15, -0.1) is 0 Å². The van der Waals surface area contributed by atoms with E-state index in [1.807, 2.05) is 42.2 Å². The van der Waals surface area contributed by atoms with Crippen molar-refractivity contribution in [1.29, 1.82) is 0 Å². The summed E-state index contributed by atoms with van der Waals surface area (Å²) in [5.41, 5.74) is 2.10. The summed E-state index contributed by atoms with van der Waals surface area (Å²) in [6.07, 6.45) is 10.5. The second kappa shape index (κ2) is 16.8. The first-order chi connectivity index (χ1) is 19.4. The number of nitrogens with one attached hydrogen (secondary N) is 2. The normalized spacial score (nSPS) is 15.2. The van der Waals surface area contributed by atoms with Crippen molar-refractivity contribution in [3.05, 3.63) is 71.3 Å². The molecule has 1 saturated carbocycles. The van der Waals surface area contributed by atoms with E-state index in [0.717, 1.165) is 37.3 Å². The van der Waals surface area contributed by atoms with Gasteiger partial charge in [-0.25, -0.2) is 0 Å². The summed E-state index contributed by atoms with van der Waals surface area (Å²) >= 11 is 0. The predicted octanol–water partition coefficient (Wildman–Crippen LogP) is 6.40. The topological polar surface area (TPSA) is 78.5 Å². The van der Waals surface area contributed by atoms with Crippen LogP contribution in [0.5, 0.6) is 0 Å². The van der Waals surface area contributed by atoms with Crippen molar-refractivity contribution in [2.45, 2.75) is 91.0 Å². The lowest BCUT2D eigenvalue weighted by atomic mass is 9.87. The number of hydrogen-bond acceptors (Lipinski definition) is 3. The van der Waals surface area contributed by atoms with Crippen LogP contribution in [0.3, 0.4) is 0 Å². The second-order valence-corrected chi connectivity index (χ2v) is 11.5. The summed E-state index contributed by atoms with van der Waals surface area (Å²) in [5.74, 6) is 0.274. The van der Waals surface area contributed by atoms with Gasteiger partial charge in [0.25, 0.3) is 11.8 Å². The maximum absolute atomic E-state index is 13.4. The van der Waals surface area contributed by atoms with Gasteiger partial charge < -0.3 is 15.5 Å². The van der Waals surface area contributed by atoms with Gasteiger partial charge in [-0.2, -0.15) is 0 Å². The number of hydrogen-bond donors (Lipinski definition) is 2. The van der Waals surface area contributed by atoms with Crippen LogP contribution in [0.15, 0.2) is 54.6 Å². The molecular formula is C34H49N3O3. The summed E-state index contributed by atoms with van der Waals surface area (Å²) in [4.78, 5) is 41.3. The molecule has 6 nitrogen and oxygen atoms in total. The van der Waals surface area contributed by atoms with E-state index in [9.17, 15) is 14.4 Å². The fourth-order valence-electron chi connectivity index (χ4n) is 5.77. The molecule has 1 aliphatic rings. The third-order valence-corrected chi connectivity index (χ3v) is 7.97. The van der Waals surface area contributed by atoms with E-state index in [0.29, 0.717) is 37.1 Å². The Hall–Kier alpha value is -3.15. The maximum Gasteiger partial charge on any atom is 0.253 e. The predicted molar refractivity (Wildman–Crippen MR) is 162 cm³/mol. The highest BCUT2D eigenvalue weighted by molar-refractivity contribution is 5.99. The molecule has 0 bridgehead atoms. The van der Waals surface area contributed by atoms with Gasteiger partial charge in [0.1, 0.15) is 0 Å². The van der Waals surface area contributed by atoms with E-state index in [4.69, 9.17) is 0 Å². The molecule has 218 valence electrons. The van der Waals surface area contributed by atoms with E-state index in [2.05, 4.69) is 24.5 Å². The summed E-state index contributed by atoms with van der Waals surface area (Å²) in [7, 11) is 0. The summed E-state index contributed by atoms with van der Waals surface area (Å²) < 4.78 is 0. The minimum atomic E-state index is -0.232. The Balaban J connectivity index is 1.65. The lowest BCUT2D eigenvalue weighted by molar-refractivity contribution is -0.124. The quantitative estimate of drug-likeness (QED) is 0.271. The fraction of sp³-hybridized carbons (Fsp3) is 0.559. The minimum absolute atomic E-state index is 0.0438. The van der Waals surface area contributed by atoms with Gasteiger partial charge in [0.15, 0.2) is 0 Å². The van der Waals surface area contributed by atoms with E-state index in [1.165, 1.54) is 32.1 Å². The summed E-state index contributed by atoms with van der Waals surface area (Å²) in [5, 5.41) is 6.32. The van der Waals surface area contributed by atoms with Crippen LogP contribution in [-0.4, -0.2) is 48.3 Å². The van der Waals surface area contributed by atoms with Gasteiger partial charge in [-0.05, 0) is 61.8 Å². The second-order valence-electron chi connectivity index (χ2n) is 11.5. The molecule has 0 spiro atoms. The van der Waals surface area contributed by atoms with E-state index >= 15 is 0 Å². The van der Waals surface area contributed by atoms with Crippen molar-refractivity contribution in [2.75, 3.05) is 19.6 Å². The van der Waals surface area contributed by atoms with Gasteiger partial charge in [-0.1, -0.05) is 89.3 Å². The molecule has 2 aromatic rings. The van der Waals surface area contributed by atoms with Gasteiger partial charge in [-0.3, -0.25) is 14.4 Å². The molecule has 3 amide bonds. The summed E-state index contributed by atoms with van der Waals surface area (Å²) in [6.45, 7) is 8.17. The monoisotopic (exact) mass is 547 g/mol. The van der Waals surface area contributed by atoms with Crippen LogP contribution in [0, 0.1) is 11.8 Å². The zero-order chi connectivity index (χ0) is 28.7. The van der Waals surface area contributed by atoms with Crippen LogP contribution in [0.1, 0.15) is 105 Å². The van der Waals surface area contributed by atoms with Crippen molar-refractivity contribution in [1.82, 2.24) is 15.5 Å². The molecule has 2 atom stereocenters. The smallest absolute Gasteiger partial charge is 0.253 e. The van der Waals surface area contributed by atoms with Gasteiger partial charge in [0.05, 0.1) is 0 Å². The molecule has 1 aliphatic carbocycles. The number of amides is 3. The zero-order valence-electron chi connectivity index (χ0n) is 24.8. The van der Waals surface area contributed by atoms with E-state index < -0.39 is 0 Å². The number of carbonyl (C=O) groups excluding carboxylic acids is 3. The van der Waals surface area contributed by atoms with Crippen molar-refractivity contribution in [3.8, 4) is 0 Å². The van der Waals surface area contributed by atoms with E-state index in [1.54, 1.807) is 24.3 Å². The first-order valence-electron chi connectivity index (χ1n) is 15.4. The average Bonchev–Trinajstić information content (AvgIpc) is 2.97. The van der Waals surface area contributed by atoms with Crippen molar-refractivity contribution in [3.63, 3.8) is 0 Å². The van der Waals surface area contributed by atoms with Crippen LogP contribution in [0.2, 0.25) is 0 Å². The van der Waals surface area contributed by atoms with Crippen LogP contribution < -0.4 is 10.6 Å². The number of benzene rings is 2. The zero-order valence-corrected chi connectivity index (χ0v) is 24.8. The molecule has 2 aromatic carbocycles. The lowest BCUT2D eigenvalue weighted by Gasteiger charge is -2.24. The molecule has 3 rings (SSSR count). The molecule has 0 aliphatic heterocycles. The lowest BCUT2D eigenvalue weighted by Crippen LogP contribution is -2.41. The average molecular weight is 548 g/mol. The molecule has 2 N–H and O–H groups in total.